The summed E-state index contributed by atoms with van der Waals surface area (Å²) in [4.78, 5) is 30.2. The molecule has 11 nitrogen and oxygen atoms in total. The number of hydrogen-bond donors (Lipinski definition) is 1. The molecule has 0 fully saturated rings. The van der Waals surface area contributed by atoms with Crippen molar-refractivity contribution in [1.29, 1.82) is 5.26 Å². The number of hydrazine groups is 1. The summed E-state index contributed by atoms with van der Waals surface area (Å²) in [6.45, 7) is -0.126. The van der Waals surface area contributed by atoms with E-state index in [1.807, 2.05) is 6.07 Å². The first-order valence-corrected chi connectivity index (χ1v) is 12.9. The van der Waals surface area contributed by atoms with Gasteiger partial charge in [-0.25, -0.2) is 15.1 Å². The van der Waals surface area contributed by atoms with E-state index in [9.17, 15) is 28.0 Å². The Bertz CT molecular complexity index is 1780. The number of nitrogens with one attached hydrogen (secondary N) is 1. The van der Waals surface area contributed by atoms with Crippen LogP contribution in [0.4, 0.5) is 13.2 Å². The third-order valence-electron chi connectivity index (χ3n) is 6.27. The Morgan fingerprint density at radius 3 is 2.56 bits per heavy atom. The maximum Gasteiger partial charge on any atom is 0.437 e. The van der Waals surface area contributed by atoms with Crippen molar-refractivity contribution >= 4 is 23.2 Å². The van der Waals surface area contributed by atoms with Gasteiger partial charge in [-0.05, 0) is 48.0 Å². The molecule has 1 atom stereocenters. The minimum Gasteiger partial charge on any atom is -0.497 e. The Morgan fingerprint density at radius 2 is 1.91 bits per heavy atom. The van der Waals surface area contributed by atoms with E-state index in [0.717, 1.165) is 22.5 Å². The molecule has 43 heavy (non-hydrogen) atoms. The van der Waals surface area contributed by atoms with Gasteiger partial charge in [-0.3, -0.25) is 19.2 Å². The summed E-state index contributed by atoms with van der Waals surface area (Å²) in [5, 5.41) is 14.7. The van der Waals surface area contributed by atoms with Gasteiger partial charge in [0.15, 0.2) is 5.69 Å². The second-order valence-electron chi connectivity index (χ2n) is 9.24. The highest BCUT2D eigenvalue weighted by Gasteiger charge is 2.39. The van der Waals surface area contributed by atoms with Gasteiger partial charge in [0, 0.05) is 24.0 Å². The first kappa shape index (κ1) is 29.4. The van der Waals surface area contributed by atoms with Crippen LogP contribution in [0.2, 0.25) is 5.02 Å². The highest BCUT2D eigenvalue weighted by Crippen LogP contribution is 2.35. The average Bonchev–Trinajstić information content (AvgIpc) is 3.51. The molecule has 1 aliphatic heterocycles. The lowest BCUT2D eigenvalue weighted by atomic mass is 10.1. The normalized spacial score (nSPS) is 15.2. The third kappa shape index (κ3) is 6.53. The number of rotatable bonds is 8. The van der Waals surface area contributed by atoms with E-state index < -0.39 is 35.1 Å². The number of carbonyl (C=O) groups excluding carboxylic acids is 1. The molecule has 1 N–H and O–H groups in total. The molecule has 2 aromatic carbocycles. The highest BCUT2D eigenvalue weighted by molar-refractivity contribution is 6.30. The maximum absolute atomic E-state index is 13.9. The van der Waals surface area contributed by atoms with Crippen molar-refractivity contribution < 1.29 is 27.4 Å². The number of carbonyl (C=O) groups is 1. The molecule has 5 rings (SSSR count). The molecule has 1 amide bonds. The molecule has 0 bridgehead atoms. The predicted octanol–water partition coefficient (Wildman–Crippen LogP) is 4.24. The Morgan fingerprint density at radius 1 is 1.14 bits per heavy atom. The van der Waals surface area contributed by atoms with Gasteiger partial charge in [0.05, 0.1) is 37.7 Å². The molecule has 0 aliphatic carbocycles. The van der Waals surface area contributed by atoms with E-state index in [1.54, 1.807) is 36.5 Å². The number of ether oxygens (including phenoxy) is 2. The van der Waals surface area contributed by atoms with Gasteiger partial charge in [0.1, 0.15) is 17.2 Å². The van der Waals surface area contributed by atoms with Gasteiger partial charge in [-0.15, -0.1) is 0 Å². The lowest BCUT2D eigenvalue weighted by molar-refractivity contribution is -0.142. The lowest BCUT2D eigenvalue weighted by Crippen LogP contribution is -2.53. The summed E-state index contributed by atoms with van der Waals surface area (Å²) in [5.74, 6) is -1.14. The SMILES string of the molecule is COc1ccc(CN2NC(Cn3cnc(C(F)(F)F)c(Oc4cc(Cl)cc(C#N)c4)c3=O)C=C(n3cccn3)C2=O)cc1. The standard InChI is InChI=1S/C28H21ClF3N7O4/c1-42-21-5-3-17(4-6-21)14-39-26(40)23(38-8-2-7-35-38)12-20(36-39)15-37-16-34-25(28(30,31)32)24(27(37)41)43-22-10-18(13-33)9-19(29)11-22/h2-12,16,20,36H,14-15H2,1H3. The number of benzene rings is 2. The first-order valence-electron chi connectivity index (χ1n) is 12.5. The van der Waals surface area contributed by atoms with Gasteiger partial charge in [0.2, 0.25) is 5.75 Å². The summed E-state index contributed by atoms with van der Waals surface area (Å²) in [6.07, 6.45) is 0.295. The minimum atomic E-state index is -5.03. The molecular weight excluding hydrogens is 591 g/mol. The zero-order valence-corrected chi connectivity index (χ0v) is 23.0. The third-order valence-corrected chi connectivity index (χ3v) is 6.49. The van der Waals surface area contributed by atoms with Crippen LogP contribution >= 0.6 is 11.6 Å². The van der Waals surface area contributed by atoms with Crippen LogP contribution in [0.15, 0.2) is 78.1 Å². The van der Waals surface area contributed by atoms with Crippen molar-refractivity contribution in [1.82, 2.24) is 29.8 Å². The van der Waals surface area contributed by atoms with Gasteiger partial charge >= 0.3 is 6.18 Å². The van der Waals surface area contributed by atoms with Gasteiger partial charge in [-0.2, -0.15) is 23.5 Å². The second kappa shape index (κ2) is 12.0. The highest BCUT2D eigenvalue weighted by atomic mass is 35.5. The molecule has 3 heterocycles. The number of amides is 1. The molecule has 1 aliphatic rings. The van der Waals surface area contributed by atoms with Crippen molar-refractivity contribution in [3.05, 3.63) is 106 Å². The summed E-state index contributed by atoms with van der Waals surface area (Å²) < 4.78 is 54.4. The van der Waals surface area contributed by atoms with Crippen molar-refractivity contribution in [2.75, 3.05) is 7.11 Å². The molecule has 220 valence electrons. The summed E-state index contributed by atoms with van der Waals surface area (Å²) in [6, 6.07) is 13.3. The monoisotopic (exact) mass is 611 g/mol. The second-order valence-corrected chi connectivity index (χ2v) is 9.68. The molecule has 0 radical (unpaired) electrons. The van der Waals surface area contributed by atoms with Crippen molar-refractivity contribution in [2.24, 2.45) is 0 Å². The fourth-order valence-electron chi connectivity index (χ4n) is 4.32. The quantitative estimate of drug-likeness (QED) is 0.313. The number of alkyl halides is 3. The molecule has 1 unspecified atom stereocenters. The van der Waals surface area contributed by atoms with Crippen LogP contribution in [0.5, 0.6) is 17.2 Å². The average molecular weight is 612 g/mol. The molecule has 15 heteroatoms. The summed E-state index contributed by atoms with van der Waals surface area (Å²) in [5.41, 5.74) is 1.26. The summed E-state index contributed by atoms with van der Waals surface area (Å²) in [7, 11) is 1.53. The van der Waals surface area contributed by atoms with Crippen LogP contribution in [0.25, 0.3) is 5.70 Å². The van der Waals surface area contributed by atoms with Gasteiger partial charge in [0.25, 0.3) is 11.5 Å². The van der Waals surface area contributed by atoms with E-state index >= 15 is 0 Å². The van der Waals surface area contributed by atoms with E-state index in [0.29, 0.717) is 5.75 Å². The smallest absolute Gasteiger partial charge is 0.437 e. The number of nitrogens with zero attached hydrogens (tertiary/aromatic N) is 6. The number of halogens is 4. The lowest BCUT2D eigenvalue weighted by Gasteiger charge is -2.33. The largest absolute Gasteiger partial charge is 0.497 e. The number of methoxy groups -OCH3 is 1. The van der Waals surface area contributed by atoms with Gasteiger partial charge in [-0.1, -0.05) is 23.7 Å². The zero-order chi connectivity index (χ0) is 30.7. The Labute approximate surface area is 246 Å². The van der Waals surface area contributed by atoms with Crippen LogP contribution in [-0.4, -0.2) is 43.4 Å². The molecule has 0 saturated heterocycles. The number of nitriles is 1. The molecule has 0 saturated carbocycles. The number of hydrogen-bond acceptors (Lipinski definition) is 8. The summed E-state index contributed by atoms with van der Waals surface area (Å²) >= 11 is 5.97. The molecule has 2 aromatic heterocycles. The van der Waals surface area contributed by atoms with Crippen LogP contribution < -0.4 is 20.5 Å². The van der Waals surface area contributed by atoms with Crippen molar-refractivity contribution in [3.63, 3.8) is 0 Å². The zero-order valence-electron chi connectivity index (χ0n) is 22.2. The van der Waals surface area contributed by atoms with Crippen molar-refractivity contribution in [2.45, 2.75) is 25.3 Å². The van der Waals surface area contributed by atoms with E-state index in [-0.39, 0.29) is 35.1 Å². The van der Waals surface area contributed by atoms with Crippen LogP contribution in [-0.2, 0) is 24.1 Å². The van der Waals surface area contributed by atoms with E-state index in [2.05, 4.69) is 15.5 Å². The fraction of sp³-hybridized carbons (Fsp3) is 0.179. The minimum absolute atomic E-state index is 0.0181. The van der Waals surface area contributed by atoms with Crippen LogP contribution in [0.3, 0.4) is 0 Å². The Hall–Kier alpha value is -5.13. The van der Waals surface area contributed by atoms with E-state index in [4.69, 9.17) is 21.1 Å². The molecular formula is C28H21ClF3N7O4. The maximum atomic E-state index is 13.9. The molecule has 4 aromatic rings. The Kier molecular flexibility index (Phi) is 8.20. The predicted molar refractivity (Wildman–Crippen MR) is 147 cm³/mol. The van der Waals surface area contributed by atoms with Crippen molar-refractivity contribution in [3.8, 4) is 23.3 Å². The number of aromatic nitrogens is 4. The topological polar surface area (TPSA) is 127 Å². The molecule has 0 spiro atoms. The Balaban J connectivity index is 1.50. The first-order chi connectivity index (χ1) is 20.5. The van der Waals surface area contributed by atoms with Gasteiger partial charge < -0.3 is 9.47 Å². The van der Waals surface area contributed by atoms with Crippen LogP contribution in [0.1, 0.15) is 16.8 Å². The fourth-order valence-corrected chi connectivity index (χ4v) is 4.54. The van der Waals surface area contributed by atoms with Crippen LogP contribution in [0, 0.1) is 11.3 Å². The van der Waals surface area contributed by atoms with E-state index in [1.165, 1.54) is 41.2 Å².